The second-order valence-electron chi connectivity index (χ2n) is 4.02. The van der Waals surface area contributed by atoms with Gasteiger partial charge in [-0.3, -0.25) is 0 Å². The van der Waals surface area contributed by atoms with Crippen LogP contribution in [0.25, 0.3) is 0 Å². The molecule has 0 fully saturated rings. The molecule has 0 aliphatic rings. The van der Waals surface area contributed by atoms with Crippen molar-refractivity contribution in [1.82, 2.24) is 4.72 Å². The topological polar surface area (TPSA) is 68.5 Å². The Bertz CT molecular complexity index is 761. The van der Waals surface area contributed by atoms with Gasteiger partial charge in [0, 0.05) is 0 Å². The van der Waals surface area contributed by atoms with Crippen molar-refractivity contribution < 1.29 is 35.1 Å². The zero-order chi connectivity index (χ0) is 16.5. The van der Waals surface area contributed by atoms with Crippen LogP contribution in [0.3, 0.4) is 0 Å². The predicted octanol–water partition coefficient (Wildman–Crippen LogP) is 2.32. The van der Waals surface area contributed by atoms with Crippen LogP contribution in [0.4, 0.5) is 17.6 Å². The van der Waals surface area contributed by atoms with E-state index in [1.54, 1.807) is 4.72 Å². The lowest BCUT2D eigenvalue weighted by molar-refractivity contribution is 0.322. The largest absolute Gasteiger partial charge is 0.491 e. The zero-order valence-electron chi connectivity index (χ0n) is 11.0. The van der Waals surface area contributed by atoms with Crippen molar-refractivity contribution in [3.8, 4) is 5.75 Å². The molecule has 2 aromatic rings. The fraction of sp³-hybridized carbons (Fsp3) is 0.167. The average molecular weight is 339 g/mol. The van der Waals surface area contributed by atoms with Crippen molar-refractivity contribution >= 4 is 10.0 Å². The molecule has 0 saturated carbocycles. The molecule has 22 heavy (non-hydrogen) atoms. The number of furan rings is 1. The van der Waals surface area contributed by atoms with Gasteiger partial charge in [0.15, 0.2) is 22.3 Å². The number of hydrogen-bond donors (Lipinski definition) is 1. The van der Waals surface area contributed by atoms with Gasteiger partial charge in [-0.1, -0.05) is 0 Å². The Morgan fingerprint density at radius 3 is 2.18 bits per heavy atom. The van der Waals surface area contributed by atoms with Crippen LogP contribution in [-0.2, 0) is 16.6 Å². The highest BCUT2D eigenvalue weighted by Gasteiger charge is 2.33. The first kappa shape index (κ1) is 16.3. The average Bonchev–Trinajstić information content (AvgIpc) is 2.97. The molecule has 1 aromatic carbocycles. The maximum absolute atomic E-state index is 13.7. The predicted molar refractivity (Wildman–Crippen MR) is 65.6 cm³/mol. The van der Waals surface area contributed by atoms with Crippen molar-refractivity contribution in [1.29, 1.82) is 0 Å². The standard InChI is InChI=1S/C12H9F4NO4S/c1-20-11-7(13)9(15)12(10(16)8(11)14)22(18,19)17-5-6-3-2-4-21-6/h2-4,17H,5H2,1H3. The molecule has 0 aliphatic heterocycles. The summed E-state index contributed by atoms with van der Waals surface area (Å²) in [7, 11) is -4.08. The summed E-state index contributed by atoms with van der Waals surface area (Å²) in [6.07, 6.45) is 1.25. The molecular weight excluding hydrogens is 330 g/mol. The molecule has 120 valence electrons. The lowest BCUT2D eigenvalue weighted by atomic mass is 10.3. The van der Waals surface area contributed by atoms with Gasteiger partial charge in [0.1, 0.15) is 5.76 Å². The van der Waals surface area contributed by atoms with Gasteiger partial charge < -0.3 is 9.15 Å². The Labute approximate surface area is 122 Å². The van der Waals surface area contributed by atoms with Crippen LogP contribution in [0.15, 0.2) is 27.7 Å². The number of nitrogens with one attached hydrogen (secondary N) is 1. The first-order chi connectivity index (χ1) is 10.3. The molecule has 0 saturated heterocycles. The molecule has 10 heteroatoms. The normalized spacial score (nSPS) is 11.7. The van der Waals surface area contributed by atoms with E-state index >= 15 is 0 Å². The van der Waals surface area contributed by atoms with Gasteiger partial charge in [-0.05, 0) is 12.1 Å². The first-order valence-electron chi connectivity index (χ1n) is 5.71. The lowest BCUT2D eigenvalue weighted by Gasteiger charge is -2.11. The van der Waals surface area contributed by atoms with Gasteiger partial charge in [-0.25, -0.2) is 21.9 Å². The lowest BCUT2D eigenvalue weighted by Crippen LogP contribution is -2.26. The van der Waals surface area contributed by atoms with E-state index in [1.165, 1.54) is 18.4 Å². The molecule has 1 heterocycles. The monoisotopic (exact) mass is 339 g/mol. The van der Waals surface area contributed by atoms with Crippen LogP contribution >= 0.6 is 0 Å². The van der Waals surface area contributed by atoms with Crippen LogP contribution in [0, 0.1) is 23.3 Å². The van der Waals surface area contributed by atoms with E-state index in [0.717, 1.165) is 7.11 Å². The van der Waals surface area contributed by atoms with Gasteiger partial charge in [0.2, 0.25) is 21.7 Å². The van der Waals surface area contributed by atoms with Gasteiger partial charge in [0.25, 0.3) is 0 Å². The second kappa shape index (κ2) is 5.97. The van der Waals surface area contributed by atoms with E-state index in [4.69, 9.17) is 4.42 Å². The van der Waals surface area contributed by atoms with E-state index in [0.29, 0.717) is 0 Å². The van der Waals surface area contributed by atoms with Crippen molar-refractivity contribution in [2.75, 3.05) is 7.11 Å². The van der Waals surface area contributed by atoms with Crippen LogP contribution in [0.5, 0.6) is 5.75 Å². The molecule has 1 N–H and O–H groups in total. The number of methoxy groups -OCH3 is 1. The summed E-state index contributed by atoms with van der Waals surface area (Å²) in [6.45, 7) is -0.455. The van der Waals surface area contributed by atoms with Crippen LogP contribution in [-0.4, -0.2) is 15.5 Å². The van der Waals surface area contributed by atoms with Crippen molar-refractivity contribution in [2.45, 2.75) is 11.4 Å². The molecular formula is C12H9F4NO4S. The first-order valence-corrected chi connectivity index (χ1v) is 7.20. The third kappa shape index (κ3) is 2.79. The molecule has 0 bridgehead atoms. The minimum absolute atomic E-state index is 0.138. The third-order valence-corrected chi connectivity index (χ3v) is 4.09. The quantitative estimate of drug-likeness (QED) is 0.671. The van der Waals surface area contributed by atoms with Crippen molar-refractivity contribution in [3.05, 3.63) is 47.4 Å². The van der Waals surface area contributed by atoms with Crippen LogP contribution in [0.1, 0.15) is 5.76 Å². The molecule has 5 nitrogen and oxygen atoms in total. The number of benzene rings is 1. The van der Waals surface area contributed by atoms with Crippen LogP contribution < -0.4 is 9.46 Å². The maximum atomic E-state index is 13.7. The highest BCUT2D eigenvalue weighted by molar-refractivity contribution is 7.89. The van der Waals surface area contributed by atoms with Gasteiger partial charge in [0.05, 0.1) is 19.9 Å². The summed E-state index contributed by atoms with van der Waals surface area (Å²) >= 11 is 0. The van der Waals surface area contributed by atoms with E-state index in [9.17, 15) is 26.0 Å². The highest BCUT2D eigenvalue weighted by atomic mass is 32.2. The molecule has 0 unspecified atom stereocenters. The molecule has 0 aliphatic carbocycles. The van der Waals surface area contributed by atoms with E-state index in [2.05, 4.69) is 4.74 Å². The number of rotatable bonds is 5. The van der Waals surface area contributed by atoms with Crippen molar-refractivity contribution in [3.63, 3.8) is 0 Å². The Morgan fingerprint density at radius 2 is 1.73 bits per heavy atom. The highest BCUT2D eigenvalue weighted by Crippen LogP contribution is 2.32. The fourth-order valence-electron chi connectivity index (χ4n) is 1.66. The number of sulfonamides is 1. The van der Waals surface area contributed by atoms with Gasteiger partial charge in [-0.2, -0.15) is 8.78 Å². The number of ether oxygens (including phenoxy) is 1. The minimum atomic E-state index is -4.86. The Balaban J connectivity index is 2.47. The summed E-state index contributed by atoms with van der Waals surface area (Å²) in [5.41, 5.74) is 0. The summed E-state index contributed by atoms with van der Waals surface area (Å²) in [4.78, 5) is -1.77. The molecule has 0 amide bonds. The molecule has 0 spiro atoms. The fourth-order valence-corrected chi connectivity index (χ4v) is 2.79. The van der Waals surface area contributed by atoms with E-state index in [-0.39, 0.29) is 5.76 Å². The van der Waals surface area contributed by atoms with Crippen molar-refractivity contribution in [2.24, 2.45) is 0 Å². The van der Waals surface area contributed by atoms with E-state index in [1.807, 2.05) is 0 Å². The summed E-state index contributed by atoms with van der Waals surface area (Å²) in [5, 5.41) is 0. The second-order valence-corrected chi connectivity index (χ2v) is 5.73. The number of halogens is 4. The molecule has 0 atom stereocenters. The zero-order valence-corrected chi connectivity index (χ0v) is 11.8. The Kier molecular flexibility index (Phi) is 4.42. The smallest absolute Gasteiger partial charge is 0.247 e. The van der Waals surface area contributed by atoms with Crippen LogP contribution in [0.2, 0.25) is 0 Å². The number of hydrogen-bond acceptors (Lipinski definition) is 4. The summed E-state index contributed by atoms with van der Waals surface area (Å²) < 4.78 is 89.1. The molecule has 1 aromatic heterocycles. The van der Waals surface area contributed by atoms with Gasteiger partial charge in [-0.15, -0.1) is 0 Å². The molecule has 2 rings (SSSR count). The van der Waals surface area contributed by atoms with E-state index < -0.39 is 50.5 Å². The SMILES string of the molecule is COc1c(F)c(F)c(S(=O)(=O)NCc2ccco2)c(F)c1F. The molecule has 0 radical (unpaired) electrons. The Hall–Kier alpha value is -2.07. The minimum Gasteiger partial charge on any atom is -0.491 e. The van der Waals surface area contributed by atoms with Gasteiger partial charge >= 0.3 is 0 Å². The maximum Gasteiger partial charge on any atom is 0.247 e. The third-order valence-electron chi connectivity index (χ3n) is 2.67. The summed E-state index contributed by atoms with van der Waals surface area (Å²) in [5.74, 6) is -9.26. The Morgan fingerprint density at radius 1 is 1.14 bits per heavy atom. The summed E-state index contributed by atoms with van der Waals surface area (Å²) in [6, 6.07) is 2.85.